The average Bonchev–Trinajstić information content (AvgIpc) is 2.04. The SMILES string of the molecule is FC(F)C1CNCC(C(F)F)N1. The van der Waals surface area contributed by atoms with Gasteiger partial charge in [0.1, 0.15) is 0 Å². The molecule has 2 atom stereocenters. The van der Waals surface area contributed by atoms with Crippen LogP contribution in [-0.2, 0) is 0 Å². The lowest BCUT2D eigenvalue weighted by atomic mass is 10.1. The smallest absolute Gasteiger partial charge is 0.254 e. The Hall–Kier alpha value is -0.360. The molecule has 0 saturated carbocycles. The number of alkyl halides is 4. The molecule has 0 amide bonds. The fourth-order valence-electron chi connectivity index (χ4n) is 1.11. The highest BCUT2D eigenvalue weighted by Crippen LogP contribution is 2.09. The number of piperazine rings is 1. The van der Waals surface area contributed by atoms with Gasteiger partial charge in [-0.1, -0.05) is 0 Å². The number of hydrogen-bond donors (Lipinski definition) is 2. The zero-order valence-electron chi connectivity index (χ0n) is 6.24. The Morgan fingerprint density at radius 2 is 1.33 bits per heavy atom. The average molecular weight is 186 g/mol. The van der Waals surface area contributed by atoms with Crippen LogP contribution in [0.1, 0.15) is 0 Å². The maximum atomic E-state index is 12.0. The fourth-order valence-corrected chi connectivity index (χ4v) is 1.11. The van der Waals surface area contributed by atoms with Gasteiger partial charge < -0.3 is 5.32 Å². The molecule has 1 heterocycles. The Morgan fingerprint density at radius 1 is 0.917 bits per heavy atom. The van der Waals surface area contributed by atoms with E-state index in [-0.39, 0.29) is 13.1 Å². The predicted octanol–water partition coefficient (Wildman–Crippen LogP) is 0.447. The van der Waals surface area contributed by atoms with Gasteiger partial charge >= 0.3 is 0 Å². The van der Waals surface area contributed by atoms with Crippen molar-refractivity contribution < 1.29 is 17.6 Å². The minimum atomic E-state index is -2.60. The zero-order valence-corrected chi connectivity index (χ0v) is 6.24. The normalized spacial score (nSPS) is 31.5. The minimum absolute atomic E-state index is 0.0425. The molecule has 0 aliphatic carbocycles. The van der Waals surface area contributed by atoms with Crippen LogP contribution < -0.4 is 10.6 Å². The first kappa shape index (κ1) is 9.73. The lowest BCUT2D eigenvalue weighted by Crippen LogP contribution is -2.59. The summed E-state index contributed by atoms with van der Waals surface area (Å²) in [5, 5.41) is 4.71. The first-order valence-electron chi connectivity index (χ1n) is 3.64. The highest BCUT2D eigenvalue weighted by molar-refractivity contribution is 4.86. The van der Waals surface area contributed by atoms with Crippen LogP contribution in [0.5, 0.6) is 0 Å². The van der Waals surface area contributed by atoms with E-state index in [0.29, 0.717) is 0 Å². The van der Waals surface area contributed by atoms with Crippen molar-refractivity contribution in [1.29, 1.82) is 0 Å². The third-order valence-corrected chi connectivity index (χ3v) is 1.76. The molecule has 6 heteroatoms. The van der Waals surface area contributed by atoms with Gasteiger partial charge in [0.2, 0.25) is 0 Å². The summed E-state index contributed by atoms with van der Waals surface area (Å²) in [7, 11) is 0. The monoisotopic (exact) mass is 186 g/mol. The van der Waals surface area contributed by atoms with Crippen LogP contribution in [0.2, 0.25) is 0 Å². The summed E-state index contributed by atoms with van der Waals surface area (Å²) in [5.74, 6) is 0. The Bertz CT molecular complexity index is 128. The third kappa shape index (κ3) is 2.31. The number of halogens is 4. The van der Waals surface area contributed by atoms with Crippen molar-refractivity contribution in [2.45, 2.75) is 24.9 Å². The van der Waals surface area contributed by atoms with E-state index in [2.05, 4.69) is 10.6 Å². The van der Waals surface area contributed by atoms with Gasteiger partial charge in [-0.05, 0) is 0 Å². The molecule has 2 unspecified atom stereocenters. The molecule has 0 aromatic heterocycles. The molecule has 1 fully saturated rings. The third-order valence-electron chi connectivity index (χ3n) is 1.76. The first-order valence-corrected chi connectivity index (χ1v) is 3.64. The quantitative estimate of drug-likeness (QED) is 0.612. The molecule has 1 aliphatic heterocycles. The Labute approximate surface area is 67.3 Å². The van der Waals surface area contributed by atoms with Crippen LogP contribution in [0, 0.1) is 0 Å². The van der Waals surface area contributed by atoms with E-state index < -0.39 is 24.9 Å². The molecule has 0 aromatic rings. The molecule has 1 aliphatic rings. The number of hydrogen-bond acceptors (Lipinski definition) is 2. The first-order chi connectivity index (χ1) is 5.61. The summed E-state index contributed by atoms with van der Waals surface area (Å²) in [4.78, 5) is 0. The maximum Gasteiger partial charge on any atom is 0.254 e. The van der Waals surface area contributed by atoms with Crippen molar-refractivity contribution in [3.8, 4) is 0 Å². The number of rotatable bonds is 2. The molecule has 0 spiro atoms. The van der Waals surface area contributed by atoms with Crippen molar-refractivity contribution in [3.63, 3.8) is 0 Å². The van der Waals surface area contributed by atoms with E-state index >= 15 is 0 Å². The summed E-state index contributed by atoms with van der Waals surface area (Å²) in [6, 6.07) is -2.31. The molecule has 0 aromatic carbocycles. The summed E-state index contributed by atoms with van der Waals surface area (Å²) in [5.41, 5.74) is 0. The second kappa shape index (κ2) is 4.04. The number of nitrogens with one attached hydrogen (secondary N) is 2. The molecule has 0 bridgehead atoms. The van der Waals surface area contributed by atoms with Gasteiger partial charge in [0.05, 0.1) is 12.1 Å². The van der Waals surface area contributed by atoms with E-state index in [1.807, 2.05) is 0 Å². The van der Waals surface area contributed by atoms with Crippen LogP contribution in [0.15, 0.2) is 0 Å². The van der Waals surface area contributed by atoms with Crippen molar-refractivity contribution in [2.24, 2.45) is 0 Å². The molecule has 2 nitrogen and oxygen atoms in total. The van der Waals surface area contributed by atoms with Gasteiger partial charge in [-0.25, -0.2) is 17.6 Å². The zero-order chi connectivity index (χ0) is 9.14. The van der Waals surface area contributed by atoms with Crippen LogP contribution in [0.25, 0.3) is 0 Å². The minimum Gasteiger partial charge on any atom is -0.313 e. The van der Waals surface area contributed by atoms with Crippen molar-refractivity contribution >= 4 is 0 Å². The fraction of sp³-hybridized carbons (Fsp3) is 1.00. The van der Waals surface area contributed by atoms with E-state index in [4.69, 9.17) is 0 Å². The molecule has 1 saturated heterocycles. The largest absolute Gasteiger partial charge is 0.313 e. The molecular formula is C6H10F4N2. The Balaban J connectivity index is 2.40. The molecule has 72 valence electrons. The maximum absolute atomic E-state index is 12.0. The van der Waals surface area contributed by atoms with Gasteiger partial charge in [0.15, 0.2) is 0 Å². The van der Waals surface area contributed by atoms with Crippen LogP contribution in [0.3, 0.4) is 0 Å². The lowest BCUT2D eigenvalue weighted by molar-refractivity contribution is 0.0361. The standard InChI is InChI=1S/C6H10F4N2/c7-5(8)3-1-11-2-4(12-3)6(9)10/h3-6,11-12H,1-2H2. The van der Waals surface area contributed by atoms with Gasteiger partial charge in [0.25, 0.3) is 12.9 Å². The van der Waals surface area contributed by atoms with Gasteiger partial charge in [0, 0.05) is 13.1 Å². The second-order valence-electron chi connectivity index (χ2n) is 2.71. The predicted molar refractivity (Wildman–Crippen MR) is 35.6 cm³/mol. The van der Waals surface area contributed by atoms with E-state index in [0.717, 1.165) is 0 Å². The lowest BCUT2D eigenvalue weighted by Gasteiger charge is -2.30. The van der Waals surface area contributed by atoms with Crippen molar-refractivity contribution in [3.05, 3.63) is 0 Å². The Kier molecular flexibility index (Phi) is 3.28. The molecule has 12 heavy (non-hydrogen) atoms. The Morgan fingerprint density at radius 3 is 1.67 bits per heavy atom. The summed E-state index contributed by atoms with van der Waals surface area (Å²) >= 11 is 0. The van der Waals surface area contributed by atoms with Crippen molar-refractivity contribution in [1.82, 2.24) is 10.6 Å². The van der Waals surface area contributed by atoms with Crippen molar-refractivity contribution in [2.75, 3.05) is 13.1 Å². The van der Waals surface area contributed by atoms with Gasteiger partial charge in [-0.3, -0.25) is 5.32 Å². The molecular weight excluding hydrogens is 176 g/mol. The molecule has 2 N–H and O–H groups in total. The van der Waals surface area contributed by atoms with Crippen LogP contribution in [-0.4, -0.2) is 38.0 Å². The van der Waals surface area contributed by atoms with E-state index in [1.54, 1.807) is 0 Å². The van der Waals surface area contributed by atoms with Crippen LogP contribution in [0.4, 0.5) is 17.6 Å². The van der Waals surface area contributed by atoms with Crippen LogP contribution >= 0.6 is 0 Å². The van der Waals surface area contributed by atoms with E-state index in [1.165, 1.54) is 0 Å². The molecule has 0 radical (unpaired) electrons. The van der Waals surface area contributed by atoms with Gasteiger partial charge in [-0.2, -0.15) is 0 Å². The van der Waals surface area contributed by atoms with E-state index in [9.17, 15) is 17.6 Å². The molecule has 1 rings (SSSR count). The summed E-state index contributed by atoms with van der Waals surface area (Å²) in [6.45, 7) is 0.0851. The second-order valence-corrected chi connectivity index (χ2v) is 2.71. The highest BCUT2D eigenvalue weighted by Gasteiger charge is 2.31. The van der Waals surface area contributed by atoms with Gasteiger partial charge in [-0.15, -0.1) is 0 Å². The topological polar surface area (TPSA) is 24.1 Å². The summed E-state index contributed by atoms with van der Waals surface area (Å²) < 4.78 is 48.0. The summed E-state index contributed by atoms with van der Waals surface area (Å²) in [6.07, 6.45) is -5.20. The highest BCUT2D eigenvalue weighted by atomic mass is 19.3.